The van der Waals surface area contributed by atoms with Crippen molar-refractivity contribution in [3.05, 3.63) is 0 Å². The number of terminal acetylenes is 1. The van der Waals surface area contributed by atoms with Crippen LogP contribution < -0.4 is 5.32 Å². The average molecular weight is 192 g/mol. The maximum Gasteiger partial charge on any atom is 0.0574 e. The van der Waals surface area contributed by atoms with Gasteiger partial charge in [0.2, 0.25) is 0 Å². The molecular formula is C12H20N2. The van der Waals surface area contributed by atoms with Gasteiger partial charge in [0.15, 0.2) is 0 Å². The highest BCUT2D eigenvalue weighted by molar-refractivity contribution is 4.89. The van der Waals surface area contributed by atoms with E-state index in [4.69, 9.17) is 6.42 Å². The molecule has 1 saturated carbocycles. The van der Waals surface area contributed by atoms with Crippen LogP contribution in [0.1, 0.15) is 19.3 Å². The molecule has 1 N–H and O–H groups in total. The van der Waals surface area contributed by atoms with Crippen molar-refractivity contribution in [2.24, 2.45) is 11.8 Å². The lowest BCUT2D eigenvalue weighted by Crippen LogP contribution is -2.31. The summed E-state index contributed by atoms with van der Waals surface area (Å²) in [7, 11) is 0. The third-order valence-corrected chi connectivity index (χ3v) is 3.63. The molecule has 78 valence electrons. The van der Waals surface area contributed by atoms with Crippen LogP contribution in [0.25, 0.3) is 0 Å². The number of nitrogens with one attached hydrogen (secondary N) is 1. The van der Waals surface area contributed by atoms with Gasteiger partial charge in [-0.3, -0.25) is 0 Å². The second-order valence-corrected chi connectivity index (χ2v) is 4.59. The van der Waals surface area contributed by atoms with E-state index in [1.54, 1.807) is 0 Å². The summed E-state index contributed by atoms with van der Waals surface area (Å²) >= 11 is 0. The molecule has 1 aliphatic carbocycles. The molecule has 2 nitrogen and oxygen atoms in total. The molecular weight excluding hydrogens is 172 g/mol. The van der Waals surface area contributed by atoms with E-state index in [1.807, 2.05) is 0 Å². The van der Waals surface area contributed by atoms with Gasteiger partial charge in [-0.2, -0.15) is 0 Å². The molecule has 0 aromatic heterocycles. The van der Waals surface area contributed by atoms with Crippen LogP contribution in [0.15, 0.2) is 0 Å². The molecule has 2 aliphatic rings. The first-order valence-corrected chi connectivity index (χ1v) is 5.76. The van der Waals surface area contributed by atoms with E-state index in [-0.39, 0.29) is 0 Å². The summed E-state index contributed by atoms with van der Waals surface area (Å²) in [5, 5.41) is 3.25. The zero-order valence-corrected chi connectivity index (χ0v) is 8.84. The molecule has 1 saturated heterocycles. The first-order valence-electron chi connectivity index (χ1n) is 5.76. The molecule has 0 radical (unpaired) electrons. The number of hydrogen-bond acceptors (Lipinski definition) is 2. The fourth-order valence-electron chi connectivity index (χ4n) is 2.91. The summed E-state index contributed by atoms with van der Waals surface area (Å²) < 4.78 is 0. The van der Waals surface area contributed by atoms with Crippen molar-refractivity contribution in [1.29, 1.82) is 0 Å². The van der Waals surface area contributed by atoms with Gasteiger partial charge >= 0.3 is 0 Å². The molecule has 1 heterocycles. The fourth-order valence-corrected chi connectivity index (χ4v) is 2.91. The van der Waals surface area contributed by atoms with Gasteiger partial charge < -0.3 is 10.2 Å². The molecule has 2 heteroatoms. The largest absolute Gasteiger partial charge is 0.305 e. The number of likely N-dealkylation sites (tertiary alicyclic amines) is 1. The van der Waals surface area contributed by atoms with Crippen molar-refractivity contribution < 1.29 is 0 Å². The molecule has 1 aliphatic heterocycles. The lowest BCUT2D eigenvalue weighted by atomic mass is 10.0. The number of fused-ring (bicyclic) bond motifs is 1. The molecule has 0 amide bonds. The molecule has 0 aromatic carbocycles. The smallest absolute Gasteiger partial charge is 0.0574 e. The van der Waals surface area contributed by atoms with Gasteiger partial charge in [0, 0.05) is 26.2 Å². The van der Waals surface area contributed by atoms with Gasteiger partial charge in [-0.25, -0.2) is 0 Å². The summed E-state index contributed by atoms with van der Waals surface area (Å²) in [5.41, 5.74) is 0. The second kappa shape index (κ2) is 4.82. The quantitative estimate of drug-likeness (QED) is 0.527. The highest BCUT2D eigenvalue weighted by Crippen LogP contribution is 2.37. The Kier molecular flexibility index (Phi) is 3.44. The summed E-state index contributed by atoms with van der Waals surface area (Å²) in [4.78, 5) is 2.60. The normalized spacial score (nSPS) is 31.6. The van der Waals surface area contributed by atoms with Gasteiger partial charge in [0.25, 0.3) is 0 Å². The maximum atomic E-state index is 5.17. The number of hydrogen-bond donors (Lipinski definition) is 1. The van der Waals surface area contributed by atoms with Crippen molar-refractivity contribution in [3.8, 4) is 12.3 Å². The molecule has 0 aromatic rings. The van der Waals surface area contributed by atoms with Crippen molar-refractivity contribution in [2.45, 2.75) is 19.3 Å². The van der Waals surface area contributed by atoms with E-state index in [1.165, 1.54) is 38.9 Å². The Hall–Kier alpha value is -0.520. The van der Waals surface area contributed by atoms with Crippen LogP contribution in [-0.2, 0) is 0 Å². The third kappa shape index (κ3) is 2.29. The number of rotatable bonds is 4. The molecule has 2 atom stereocenters. The predicted molar refractivity (Wildman–Crippen MR) is 59.0 cm³/mol. The first-order chi connectivity index (χ1) is 6.90. The van der Waals surface area contributed by atoms with E-state index in [2.05, 4.69) is 16.1 Å². The van der Waals surface area contributed by atoms with Gasteiger partial charge in [-0.1, -0.05) is 12.3 Å². The van der Waals surface area contributed by atoms with Crippen molar-refractivity contribution in [1.82, 2.24) is 10.2 Å². The topological polar surface area (TPSA) is 15.3 Å². The van der Waals surface area contributed by atoms with Gasteiger partial charge in [-0.15, -0.1) is 6.42 Å². The highest BCUT2D eigenvalue weighted by Gasteiger charge is 2.35. The van der Waals surface area contributed by atoms with E-state index in [0.717, 1.165) is 18.4 Å². The van der Waals surface area contributed by atoms with E-state index >= 15 is 0 Å². The lowest BCUT2D eigenvalue weighted by molar-refractivity contribution is 0.311. The van der Waals surface area contributed by atoms with Crippen LogP contribution in [-0.4, -0.2) is 37.6 Å². The van der Waals surface area contributed by atoms with Crippen LogP contribution in [0.5, 0.6) is 0 Å². The standard InChI is InChI=1S/C12H20N2/c1-2-6-13-7-8-14-9-11-4-3-5-12(11)10-14/h1,11-13H,3-10H2. The zero-order valence-electron chi connectivity index (χ0n) is 8.84. The van der Waals surface area contributed by atoms with Crippen molar-refractivity contribution in [3.63, 3.8) is 0 Å². The minimum atomic E-state index is 0.709. The van der Waals surface area contributed by atoms with Gasteiger partial charge in [-0.05, 0) is 24.7 Å². The molecule has 0 bridgehead atoms. The molecule has 2 unspecified atom stereocenters. The van der Waals surface area contributed by atoms with Crippen LogP contribution in [0, 0.1) is 24.2 Å². The number of nitrogens with zero attached hydrogens (tertiary/aromatic N) is 1. The molecule has 2 fully saturated rings. The summed E-state index contributed by atoms with van der Waals surface area (Å²) in [6.07, 6.45) is 9.58. The summed E-state index contributed by atoms with van der Waals surface area (Å²) in [5.74, 6) is 4.64. The van der Waals surface area contributed by atoms with Crippen LogP contribution in [0.3, 0.4) is 0 Å². The van der Waals surface area contributed by atoms with E-state index in [9.17, 15) is 0 Å². The molecule has 2 rings (SSSR count). The fraction of sp³-hybridized carbons (Fsp3) is 0.833. The summed E-state index contributed by atoms with van der Waals surface area (Å²) in [6, 6.07) is 0. The van der Waals surface area contributed by atoms with Crippen LogP contribution >= 0.6 is 0 Å². The Balaban J connectivity index is 1.62. The molecule has 14 heavy (non-hydrogen) atoms. The zero-order chi connectivity index (χ0) is 9.80. The average Bonchev–Trinajstić information content (AvgIpc) is 2.72. The van der Waals surface area contributed by atoms with Crippen LogP contribution in [0.2, 0.25) is 0 Å². The third-order valence-electron chi connectivity index (χ3n) is 3.63. The monoisotopic (exact) mass is 192 g/mol. The van der Waals surface area contributed by atoms with Crippen molar-refractivity contribution in [2.75, 3.05) is 32.7 Å². The molecule has 0 spiro atoms. The van der Waals surface area contributed by atoms with E-state index < -0.39 is 0 Å². The summed E-state index contributed by atoms with van der Waals surface area (Å²) in [6.45, 7) is 5.60. The Bertz CT molecular complexity index is 207. The Morgan fingerprint density at radius 2 is 2.00 bits per heavy atom. The van der Waals surface area contributed by atoms with Crippen LogP contribution in [0.4, 0.5) is 0 Å². The van der Waals surface area contributed by atoms with Crippen molar-refractivity contribution >= 4 is 0 Å². The maximum absolute atomic E-state index is 5.17. The first kappa shape index (κ1) is 10.0. The van der Waals surface area contributed by atoms with E-state index in [0.29, 0.717) is 6.54 Å². The van der Waals surface area contributed by atoms with Gasteiger partial charge in [0.05, 0.1) is 6.54 Å². The SMILES string of the molecule is C#CCNCCN1CC2CCCC2C1. The highest BCUT2D eigenvalue weighted by atomic mass is 15.2. The van der Waals surface area contributed by atoms with Gasteiger partial charge in [0.1, 0.15) is 0 Å². The lowest BCUT2D eigenvalue weighted by Gasteiger charge is -2.16. The Labute approximate surface area is 87.1 Å². The minimum absolute atomic E-state index is 0.709. The minimum Gasteiger partial charge on any atom is -0.305 e. The second-order valence-electron chi connectivity index (χ2n) is 4.59. The Morgan fingerprint density at radius 3 is 2.64 bits per heavy atom. The predicted octanol–water partition coefficient (Wildman–Crippen LogP) is 0.941. The Morgan fingerprint density at radius 1 is 1.29 bits per heavy atom.